The molecule has 2 aromatic carbocycles. The van der Waals surface area contributed by atoms with Crippen LogP contribution in [0.1, 0.15) is 17.0 Å². The summed E-state index contributed by atoms with van der Waals surface area (Å²) >= 11 is 0. The van der Waals surface area contributed by atoms with Gasteiger partial charge in [-0.2, -0.15) is 0 Å². The zero-order valence-corrected chi connectivity index (χ0v) is 12.0. The fraction of sp³-hybridized carbons (Fsp3) is 0.176. The molecular formula is C17H15NO4. The lowest BCUT2D eigenvalue weighted by Crippen LogP contribution is -2.35. The quantitative estimate of drug-likeness (QED) is 0.882. The Bertz CT molecular complexity index is 681. The molecule has 1 heterocycles. The van der Waals surface area contributed by atoms with Gasteiger partial charge in [0.25, 0.3) is 0 Å². The van der Waals surface area contributed by atoms with E-state index in [0.717, 1.165) is 11.1 Å². The maximum atomic E-state index is 12.6. The number of carbonyl (C=O) groups is 2. The van der Waals surface area contributed by atoms with Crippen LogP contribution in [0.4, 0.5) is 0 Å². The van der Waals surface area contributed by atoms with Crippen molar-refractivity contribution in [3.05, 3.63) is 59.7 Å². The number of benzene rings is 2. The third kappa shape index (κ3) is 2.53. The zero-order chi connectivity index (χ0) is 15.5. The van der Waals surface area contributed by atoms with Crippen LogP contribution in [-0.4, -0.2) is 25.5 Å². The fourth-order valence-electron chi connectivity index (χ4n) is 2.53. The third-order valence-corrected chi connectivity index (χ3v) is 3.58. The van der Waals surface area contributed by atoms with Crippen molar-refractivity contribution in [2.75, 3.05) is 13.7 Å². The number of para-hydroxylation sites is 2. The number of ether oxygens (including phenoxy) is 2. The highest BCUT2D eigenvalue weighted by Crippen LogP contribution is 2.43. The topological polar surface area (TPSA) is 64.6 Å². The van der Waals surface area contributed by atoms with Gasteiger partial charge in [0.05, 0.1) is 13.0 Å². The lowest BCUT2D eigenvalue weighted by Gasteiger charge is -2.27. The summed E-state index contributed by atoms with van der Waals surface area (Å²) in [5.41, 5.74) is 1.56. The number of nitrogens with one attached hydrogen (secondary N) is 1. The van der Waals surface area contributed by atoms with Crippen molar-refractivity contribution >= 4 is 11.9 Å². The number of carbonyl (C=O) groups excluding carboxylic acids is 2. The van der Waals surface area contributed by atoms with Gasteiger partial charge in [-0.05, 0) is 12.1 Å². The molecule has 0 unspecified atom stereocenters. The number of methoxy groups -OCH3 is 1. The first-order valence-electron chi connectivity index (χ1n) is 6.91. The van der Waals surface area contributed by atoms with Crippen LogP contribution in [0.5, 0.6) is 11.5 Å². The van der Waals surface area contributed by atoms with Gasteiger partial charge in [-0.15, -0.1) is 0 Å². The Morgan fingerprint density at radius 2 is 1.59 bits per heavy atom. The van der Waals surface area contributed by atoms with Crippen molar-refractivity contribution in [3.8, 4) is 11.5 Å². The van der Waals surface area contributed by atoms with Gasteiger partial charge in [-0.3, -0.25) is 9.59 Å². The molecule has 0 saturated carbocycles. The molecule has 0 saturated heterocycles. The summed E-state index contributed by atoms with van der Waals surface area (Å²) in [7, 11) is 1.29. The van der Waals surface area contributed by atoms with E-state index in [1.165, 1.54) is 7.11 Å². The predicted molar refractivity (Wildman–Crippen MR) is 79.8 cm³/mol. The van der Waals surface area contributed by atoms with Gasteiger partial charge in [-0.25, -0.2) is 0 Å². The van der Waals surface area contributed by atoms with Crippen molar-refractivity contribution in [1.82, 2.24) is 5.32 Å². The van der Waals surface area contributed by atoms with Crippen LogP contribution in [0, 0.1) is 0 Å². The molecule has 1 N–H and O–H groups in total. The molecule has 22 heavy (non-hydrogen) atoms. The molecule has 0 radical (unpaired) electrons. The van der Waals surface area contributed by atoms with E-state index in [9.17, 15) is 9.59 Å². The number of esters is 1. The Hall–Kier alpha value is -2.82. The Balaban J connectivity index is 1.96. The Morgan fingerprint density at radius 3 is 2.14 bits per heavy atom. The third-order valence-electron chi connectivity index (χ3n) is 3.58. The molecule has 1 aliphatic heterocycles. The Labute approximate surface area is 127 Å². The standard InChI is InChI=1S/C17H15NO4/c1-21-15(19)10-18-17(20)16-11-6-2-4-8-13(11)22-14-9-5-3-7-12(14)16/h2-9,16H,10H2,1H3,(H,18,20). The largest absolute Gasteiger partial charge is 0.468 e. The van der Waals surface area contributed by atoms with Crippen LogP contribution < -0.4 is 10.1 Å². The molecule has 0 aromatic heterocycles. The summed E-state index contributed by atoms with van der Waals surface area (Å²) in [6.07, 6.45) is 0. The molecule has 0 aliphatic carbocycles. The minimum absolute atomic E-state index is 0.156. The second-order valence-corrected chi connectivity index (χ2v) is 4.90. The van der Waals surface area contributed by atoms with Gasteiger partial charge in [-0.1, -0.05) is 36.4 Å². The molecule has 1 amide bonds. The van der Waals surface area contributed by atoms with Crippen LogP contribution >= 0.6 is 0 Å². The summed E-state index contributed by atoms with van der Waals surface area (Å²) in [4.78, 5) is 23.8. The number of hydrogen-bond donors (Lipinski definition) is 1. The van der Waals surface area contributed by atoms with E-state index in [-0.39, 0.29) is 12.5 Å². The molecule has 1 aliphatic rings. The van der Waals surface area contributed by atoms with E-state index < -0.39 is 11.9 Å². The van der Waals surface area contributed by atoms with E-state index in [0.29, 0.717) is 11.5 Å². The number of hydrogen-bond acceptors (Lipinski definition) is 4. The second-order valence-electron chi connectivity index (χ2n) is 4.90. The minimum Gasteiger partial charge on any atom is -0.468 e. The van der Waals surface area contributed by atoms with Crippen LogP contribution in [0.15, 0.2) is 48.5 Å². The average molecular weight is 297 g/mol. The van der Waals surface area contributed by atoms with Crippen molar-refractivity contribution in [2.24, 2.45) is 0 Å². The second kappa shape index (κ2) is 5.89. The molecule has 5 nitrogen and oxygen atoms in total. The van der Waals surface area contributed by atoms with Crippen LogP contribution in [-0.2, 0) is 14.3 Å². The van der Waals surface area contributed by atoms with E-state index in [4.69, 9.17) is 4.74 Å². The van der Waals surface area contributed by atoms with E-state index in [2.05, 4.69) is 10.1 Å². The van der Waals surface area contributed by atoms with E-state index in [1.807, 2.05) is 48.5 Å². The summed E-state index contributed by atoms with van der Waals surface area (Å²) in [5, 5.41) is 2.62. The lowest BCUT2D eigenvalue weighted by atomic mass is 9.87. The average Bonchev–Trinajstić information content (AvgIpc) is 2.57. The van der Waals surface area contributed by atoms with Crippen LogP contribution in [0.2, 0.25) is 0 Å². The fourth-order valence-corrected chi connectivity index (χ4v) is 2.53. The highest BCUT2D eigenvalue weighted by Gasteiger charge is 2.32. The van der Waals surface area contributed by atoms with Crippen LogP contribution in [0.3, 0.4) is 0 Å². The van der Waals surface area contributed by atoms with E-state index >= 15 is 0 Å². The summed E-state index contributed by atoms with van der Waals surface area (Å²) in [6.45, 7) is -0.156. The predicted octanol–water partition coefficient (Wildman–Crippen LogP) is 2.21. The highest BCUT2D eigenvalue weighted by atomic mass is 16.5. The van der Waals surface area contributed by atoms with Gasteiger partial charge >= 0.3 is 5.97 Å². The molecule has 2 aromatic rings. The first-order valence-corrected chi connectivity index (χ1v) is 6.91. The molecule has 5 heteroatoms. The van der Waals surface area contributed by atoms with Gasteiger partial charge in [0, 0.05) is 11.1 Å². The Morgan fingerprint density at radius 1 is 1.05 bits per heavy atom. The van der Waals surface area contributed by atoms with Gasteiger partial charge in [0.2, 0.25) is 5.91 Å². The zero-order valence-electron chi connectivity index (χ0n) is 12.0. The molecule has 0 fully saturated rings. The number of rotatable bonds is 3. The number of fused-ring (bicyclic) bond motifs is 2. The smallest absolute Gasteiger partial charge is 0.325 e. The van der Waals surface area contributed by atoms with Crippen molar-refractivity contribution in [2.45, 2.75) is 5.92 Å². The lowest BCUT2D eigenvalue weighted by molar-refractivity contribution is -0.141. The molecule has 0 spiro atoms. The number of amides is 1. The minimum atomic E-state index is -0.509. The summed E-state index contributed by atoms with van der Waals surface area (Å²) in [6, 6.07) is 14.8. The van der Waals surface area contributed by atoms with Gasteiger partial charge in [0.15, 0.2) is 0 Å². The first kappa shape index (κ1) is 14.1. The van der Waals surface area contributed by atoms with Crippen LogP contribution in [0.25, 0.3) is 0 Å². The maximum Gasteiger partial charge on any atom is 0.325 e. The van der Waals surface area contributed by atoms with Gasteiger partial charge in [0.1, 0.15) is 18.0 Å². The normalized spacial score (nSPS) is 12.6. The molecule has 3 rings (SSSR count). The molecular weight excluding hydrogens is 282 g/mol. The highest BCUT2D eigenvalue weighted by molar-refractivity contribution is 5.91. The SMILES string of the molecule is COC(=O)CNC(=O)C1c2ccccc2Oc2ccccc21. The van der Waals surface area contributed by atoms with Crippen molar-refractivity contribution in [3.63, 3.8) is 0 Å². The van der Waals surface area contributed by atoms with Crippen molar-refractivity contribution in [1.29, 1.82) is 0 Å². The monoisotopic (exact) mass is 297 g/mol. The summed E-state index contributed by atoms with van der Waals surface area (Å²) in [5.74, 6) is 0.0558. The summed E-state index contributed by atoms with van der Waals surface area (Å²) < 4.78 is 10.4. The molecule has 112 valence electrons. The molecule has 0 bridgehead atoms. The van der Waals surface area contributed by atoms with Crippen molar-refractivity contribution < 1.29 is 19.1 Å². The van der Waals surface area contributed by atoms with Gasteiger partial charge < -0.3 is 14.8 Å². The Kier molecular flexibility index (Phi) is 3.78. The van der Waals surface area contributed by atoms with E-state index in [1.54, 1.807) is 0 Å². The maximum absolute atomic E-state index is 12.6. The first-order chi connectivity index (χ1) is 10.7. The molecule has 0 atom stereocenters.